The molecule has 0 aliphatic rings. The van der Waals surface area contributed by atoms with Gasteiger partial charge in [-0.25, -0.2) is 4.79 Å². The number of carbonyl (C=O) groups excluding carboxylic acids is 1. The summed E-state index contributed by atoms with van der Waals surface area (Å²) in [7, 11) is 0. The third-order valence-corrected chi connectivity index (χ3v) is 4.72. The van der Waals surface area contributed by atoms with Gasteiger partial charge in [-0.1, -0.05) is 30.4 Å². The van der Waals surface area contributed by atoms with E-state index in [-0.39, 0.29) is 16.9 Å². The molecular weight excluding hydrogens is 392 g/mol. The molecular formula is C20H16N4O4S. The lowest BCUT2D eigenvalue weighted by atomic mass is 10.1. The predicted octanol–water partition coefficient (Wildman–Crippen LogP) is 3.99. The first kappa shape index (κ1) is 20.0. The summed E-state index contributed by atoms with van der Waals surface area (Å²) in [5.41, 5.74) is 0.551. The molecule has 29 heavy (non-hydrogen) atoms. The molecule has 3 aromatic rings. The first-order chi connectivity index (χ1) is 14.0. The number of aromatic carboxylic acids is 1. The molecule has 0 radical (unpaired) electrons. The molecule has 0 unspecified atom stereocenters. The number of hydrogen-bond acceptors (Lipinski definition) is 7. The number of rotatable bonds is 7. The second-order valence-electron chi connectivity index (χ2n) is 5.96. The number of nitrogens with one attached hydrogen (secondary N) is 1. The highest BCUT2D eigenvalue weighted by Gasteiger charge is 2.14. The lowest BCUT2D eigenvalue weighted by Crippen LogP contribution is -2.13. The molecule has 146 valence electrons. The number of nitrogens with zero attached hydrogens (tertiary/aromatic N) is 3. The van der Waals surface area contributed by atoms with Crippen molar-refractivity contribution in [2.24, 2.45) is 0 Å². The van der Waals surface area contributed by atoms with Gasteiger partial charge in [-0.05, 0) is 30.7 Å². The second kappa shape index (κ2) is 8.95. The third-order valence-electron chi connectivity index (χ3n) is 3.82. The molecule has 1 aromatic carbocycles. The largest absolute Gasteiger partial charge is 0.478 e. The van der Waals surface area contributed by atoms with Crippen molar-refractivity contribution < 1.29 is 19.1 Å². The van der Waals surface area contributed by atoms with Crippen LogP contribution in [0.25, 0.3) is 17.4 Å². The van der Waals surface area contributed by atoms with E-state index in [0.29, 0.717) is 16.5 Å². The maximum atomic E-state index is 12.3. The minimum absolute atomic E-state index is 0.132. The lowest BCUT2D eigenvalue weighted by molar-refractivity contribution is -0.112. The summed E-state index contributed by atoms with van der Waals surface area (Å²) < 4.78 is 5.65. The fourth-order valence-electron chi connectivity index (χ4n) is 2.47. The molecule has 0 fully saturated rings. The third kappa shape index (κ3) is 4.94. The number of amides is 1. The van der Waals surface area contributed by atoms with Gasteiger partial charge in [0.2, 0.25) is 5.13 Å². The first-order valence-corrected chi connectivity index (χ1v) is 9.51. The van der Waals surface area contributed by atoms with Crippen LogP contribution in [0.3, 0.4) is 0 Å². The molecule has 0 saturated heterocycles. The Kier molecular flexibility index (Phi) is 6.16. The standard InChI is InChI=1S/C20H16N4O4S/c1-2-4-17-23-24-20(29-17)22-18(25)14(11-21)10-15-7-8-16(28-15)12-5-3-6-13(9-12)19(26)27/h3,5-10H,2,4H2,1H3,(H,26,27)(H,22,24,25)/b14-10-. The van der Waals surface area contributed by atoms with Gasteiger partial charge in [0.1, 0.15) is 28.2 Å². The molecule has 2 aromatic heterocycles. The highest BCUT2D eigenvalue weighted by Crippen LogP contribution is 2.25. The average molecular weight is 408 g/mol. The van der Waals surface area contributed by atoms with Crippen LogP contribution in [0.15, 0.2) is 46.4 Å². The quantitative estimate of drug-likeness (QED) is 0.446. The number of anilines is 1. The van der Waals surface area contributed by atoms with Crippen LogP contribution in [-0.4, -0.2) is 27.2 Å². The fraction of sp³-hybridized carbons (Fsp3) is 0.150. The zero-order valence-corrected chi connectivity index (χ0v) is 16.2. The van der Waals surface area contributed by atoms with Crippen molar-refractivity contribution in [2.45, 2.75) is 19.8 Å². The minimum Gasteiger partial charge on any atom is -0.478 e. The number of carbonyl (C=O) groups is 2. The van der Waals surface area contributed by atoms with Crippen LogP contribution in [-0.2, 0) is 11.2 Å². The monoisotopic (exact) mass is 408 g/mol. The van der Waals surface area contributed by atoms with Crippen molar-refractivity contribution >= 4 is 34.4 Å². The molecule has 0 aliphatic heterocycles. The Labute approximate surface area is 170 Å². The average Bonchev–Trinajstić information content (AvgIpc) is 3.36. The Hall–Kier alpha value is -3.77. The molecule has 1 amide bonds. The number of aryl methyl sites for hydroxylation is 1. The number of furan rings is 1. The molecule has 8 nitrogen and oxygen atoms in total. The summed E-state index contributed by atoms with van der Waals surface area (Å²) in [6.07, 6.45) is 3.00. The summed E-state index contributed by atoms with van der Waals surface area (Å²) in [5.74, 6) is -0.944. The van der Waals surface area contributed by atoms with E-state index < -0.39 is 11.9 Å². The smallest absolute Gasteiger partial charge is 0.335 e. The SMILES string of the molecule is CCCc1nnc(NC(=O)/C(C#N)=C\c2ccc(-c3cccc(C(=O)O)c3)o2)s1. The van der Waals surface area contributed by atoms with E-state index in [0.717, 1.165) is 17.8 Å². The highest BCUT2D eigenvalue weighted by molar-refractivity contribution is 7.15. The molecule has 0 atom stereocenters. The molecule has 2 N–H and O–H groups in total. The predicted molar refractivity (Wildman–Crippen MR) is 107 cm³/mol. The van der Waals surface area contributed by atoms with Gasteiger partial charge in [-0.3, -0.25) is 10.1 Å². The number of hydrogen-bond donors (Lipinski definition) is 2. The zero-order chi connectivity index (χ0) is 20.8. The zero-order valence-electron chi connectivity index (χ0n) is 15.4. The number of benzene rings is 1. The van der Waals surface area contributed by atoms with E-state index in [1.54, 1.807) is 24.3 Å². The fourth-order valence-corrected chi connectivity index (χ4v) is 3.30. The van der Waals surface area contributed by atoms with Gasteiger partial charge in [0.15, 0.2) is 0 Å². The number of carboxylic acid groups (broad SMARTS) is 1. The van der Waals surface area contributed by atoms with Crippen molar-refractivity contribution in [1.29, 1.82) is 5.26 Å². The van der Waals surface area contributed by atoms with Crippen LogP contribution >= 0.6 is 11.3 Å². The van der Waals surface area contributed by atoms with Crippen LogP contribution in [0.2, 0.25) is 0 Å². The second-order valence-corrected chi connectivity index (χ2v) is 7.02. The van der Waals surface area contributed by atoms with E-state index >= 15 is 0 Å². The lowest BCUT2D eigenvalue weighted by Gasteiger charge is -2.00. The summed E-state index contributed by atoms with van der Waals surface area (Å²) >= 11 is 1.26. The normalized spacial score (nSPS) is 11.1. The maximum Gasteiger partial charge on any atom is 0.335 e. The minimum atomic E-state index is -1.04. The first-order valence-electron chi connectivity index (χ1n) is 8.69. The van der Waals surface area contributed by atoms with E-state index in [9.17, 15) is 14.9 Å². The number of carboxylic acids is 1. The summed E-state index contributed by atoms with van der Waals surface area (Å²) in [6.45, 7) is 2.02. The summed E-state index contributed by atoms with van der Waals surface area (Å²) in [6, 6.07) is 11.4. The Morgan fingerprint density at radius 2 is 2.14 bits per heavy atom. The molecule has 0 spiro atoms. The van der Waals surface area contributed by atoms with Gasteiger partial charge in [0, 0.05) is 18.1 Å². The van der Waals surface area contributed by atoms with Crippen molar-refractivity contribution in [2.75, 3.05) is 5.32 Å². The summed E-state index contributed by atoms with van der Waals surface area (Å²) in [5, 5.41) is 30.0. The molecule has 2 heterocycles. The Balaban J connectivity index is 1.77. The van der Waals surface area contributed by atoms with E-state index in [1.807, 2.05) is 13.0 Å². The number of nitriles is 1. The van der Waals surface area contributed by atoms with Crippen molar-refractivity contribution in [1.82, 2.24) is 10.2 Å². The highest BCUT2D eigenvalue weighted by atomic mass is 32.1. The van der Waals surface area contributed by atoms with E-state index in [4.69, 9.17) is 9.52 Å². The van der Waals surface area contributed by atoms with E-state index in [2.05, 4.69) is 15.5 Å². The van der Waals surface area contributed by atoms with Crippen LogP contribution < -0.4 is 5.32 Å². The molecule has 3 rings (SSSR count). The van der Waals surface area contributed by atoms with Gasteiger partial charge in [0.25, 0.3) is 5.91 Å². The van der Waals surface area contributed by atoms with Gasteiger partial charge in [-0.15, -0.1) is 10.2 Å². The van der Waals surface area contributed by atoms with Crippen LogP contribution in [0.5, 0.6) is 0 Å². The molecule has 0 aliphatic carbocycles. The van der Waals surface area contributed by atoms with Crippen molar-refractivity contribution in [3.8, 4) is 17.4 Å². The van der Waals surface area contributed by atoms with Crippen molar-refractivity contribution in [3.63, 3.8) is 0 Å². The van der Waals surface area contributed by atoms with Crippen molar-refractivity contribution in [3.05, 3.63) is 58.3 Å². The van der Waals surface area contributed by atoms with Crippen LogP contribution in [0.1, 0.15) is 34.5 Å². The van der Waals surface area contributed by atoms with Gasteiger partial charge in [-0.2, -0.15) is 5.26 Å². The van der Waals surface area contributed by atoms with Crippen LogP contribution in [0, 0.1) is 11.3 Å². The molecule has 9 heteroatoms. The topological polar surface area (TPSA) is 129 Å². The molecule has 0 saturated carbocycles. The Bertz CT molecular complexity index is 1120. The number of aromatic nitrogens is 2. The van der Waals surface area contributed by atoms with Gasteiger partial charge < -0.3 is 9.52 Å². The van der Waals surface area contributed by atoms with E-state index in [1.165, 1.54) is 29.5 Å². The van der Waals surface area contributed by atoms with Crippen LogP contribution in [0.4, 0.5) is 5.13 Å². The van der Waals surface area contributed by atoms with Gasteiger partial charge >= 0.3 is 5.97 Å². The molecule has 0 bridgehead atoms. The van der Waals surface area contributed by atoms with Gasteiger partial charge in [0.05, 0.1) is 5.56 Å². The maximum absolute atomic E-state index is 12.3. The Morgan fingerprint density at radius 1 is 1.31 bits per heavy atom. The Morgan fingerprint density at radius 3 is 2.86 bits per heavy atom. The summed E-state index contributed by atoms with van der Waals surface area (Å²) in [4.78, 5) is 23.4.